The van der Waals surface area contributed by atoms with Crippen LogP contribution in [0.1, 0.15) is 6.92 Å². The zero-order valence-electron chi connectivity index (χ0n) is 9.52. The average molecular weight is 256 g/mol. The molecular weight excluding hydrogens is 242 g/mol. The number of nitrogens with one attached hydrogen (secondary N) is 1. The van der Waals surface area contributed by atoms with Gasteiger partial charge in [0.2, 0.25) is 0 Å². The van der Waals surface area contributed by atoms with Crippen molar-refractivity contribution in [1.82, 2.24) is 5.32 Å². The molecule has 0 aliphatic carbocycles. The number of para-hydroxylation sites is 1. The molecule has 1 aliphatic heterocycles. The first-order valence-electron chi connectivity index (χ1n) is 5.51. The Morgan fingerprint density at radius 3 is 3.00 bits per heavy atom. The van der Waals surface area contributed by atoms with Crippen LogP contribution in [0.25, 0.3) is 0 Å². The number of nitro benzene ring substituents is 1. The van der Waals surface area contributed by atoms with Crippen molar-refractivity contribution in [3.63, 3.8) is 0 Å². The van der Waals surface area contributed by atoms with E-state index < -0.39 is 0 Å². The van der Waals surface area contributed by atoms with Gasteiger partial charge < -0.3 is 10.2 Å². The molecule has 0 bridgehead atoms. The van der Waals surface area contributed by atoms with Gasteiger partial charge in [-0.1, -0.05) is 17.7 Å². The third-order valence-corrected chi connectivity index (χ3v) is 3.15. The van der Waals surface area contributed by atoms with Gasteiger partial charge in [0.05, 0.1) is 9.95 Å². The minimum Gasteiger partial charge on any atom is -0.362 e. The van der Waals surface area contributed by atoms with Crippen LogP contribution in [-0.4, -0.2) is 30.6 Å². The second kappa shape index (κ2) is 4.89. The Morgan fingerprint density at radius 2 is 2.35 bits per heavy atom. The zero-order valence-corrected chi connectivity index (χ0v) is 10.3. The Kier molecular flexibility index (Phi) is 3.49. The summed E-state index contributed by atoms with van der Waals surface area (Å²) in [6, 6.07) is 5.10. The van der Waals surface area contributed by atoms with Crippen molar-refractivity contribution in [2.24, 2.45) is 0 Å². The molecule has 1 atom stereocenters. The Hall–Kier alpha value is -1.33. The molecule has 0 unspecified atom stereocenters. The predicted molar refractivity (Wildman–Crippen MR) is 67.8 cm³/mol. The standard InChI is InChI=1S/C11H14ClN3O2/c1-8-7-14(6-5-13-8)11-9(12)3-2-4-10(11)15(16)17/h2-4,8,13H,5-7H2,1H3/t8-/m1/s1. The lowest BCUT2D eigenvalue weighted by Gasteiger charge is -2.33. The first kappa shape index (κ1) is 12.1. The van der Waals surface area contributed by atoms with Gasteiger partial charge in [0.1, 0.15) is 5.69 Å². The summed E-state index contributed by atoms with van der Waals surface area (Å²) in [4.78, 5) is 12.6. The number of piperazine rings is 1. The number of anilines is 1. The molecule has 1 N–H and O–H groups in total. The fraction of sp³-hybridized carbons (Fsp3) is 0.455. The average Bonchev–Trinajstić information content (AvgIpc) is 2.28. The molecule has 1 aromatic carbocycles. The zero-order chi connectivity index (χ0) is 12.4. The molecule has 6 heteroatoms. The van der Waals surface area contributed by atoms with Crippen LogP contribution in [0.4, 0.5) is 11.4 Å². The highest BCUT2D eigenvalue weighted by Crippen LogP contribution is 2.35. The minimum absolute atomic E-state index is 0.0756. The van der Waals surface area contributed by atoms with Gasteiger partial charge in [-0.25, -0.2) is 0 Å². The maximum absolute atomic E-state index is 11.0. The largest absolute Gasteiger partial charge is 0.362 e. The highest BCUT2D eigenvalue weighted by Gasteiger charge is 2.25. The van der Waals surface area contributed by atoms with Gasteiger partial charge in [0, 0.05) is 31.7 Å². The summed E-state index contributed by atoms with van der Waals surface area (Å²) in [6.45, 7) is 4.32. The Morgan fingerprint density at radius 1 is 1.59 bits per heavy atom. The summed E-state index contributed by atoms with van der Waals surface area (Å²) in [5.41, 5.74) is 0.610. The highest BCUT2D eigenvalue weighted by molar-refractivity contribution is 6.33. The van der Waals surface area contributed by atoms with Crippen LogP contribution in [0.2, 0.25) is 5.02 Å². The van der Waals surface area contributed by atoms with E-state index in [9.17, 15) is 10.1 Å². The number of hydrogen-bond donors (Lipinski definition) is 1. The normalized spacial score (nSPS) is 20.4. The van der Waals surface area contributed by atoms with Crippen LogP contribution in [-0.2, 0) is 0 Å². The van der Waals surface area contributed by atoms with Crippen LogP contribution in [0.3, 0.4) is 0 Å². The molecule has 92 valence electrons. The number of rotatable bonds is 2. The fourth-order valence-corrected chi connectivity index (χ4v) is 2.39. The molecule has 0 radical (unpaired) electrons. The molecule has 1 fully saturated rings. The molecule has 0 saturated carbocycles. The smallest absolute Gasteiger partial charge is 0.294 e. The van der Waals surface area contributed by atoms with Crippen molar-refractivity contribution in [3.8, 4) is 0 Å². The van der Waals surface area contributed by atoms with Crippen molar-refractivity contribution in [2.45, 2.75) is 13.0 Å². The Bertz CT molecular complexity index is 439. The summed E-state index contributed by atoms with van der Waals surface area (Å²) < 4.78 is 0. The second-order valence-electron chi connectivity index (χ2n) is 4.17. The van der Waals surface area contributed by atoms with Crippen molar-refractivity contribution in [1.29, 1.82) is 0 Å². The molecule has 1 saturated heterocycles. The number of nitrogens with zero attached hydrogens (tertiary/aromatic N) is 2. The minimum atomic E-state index is -0.381. The molecule has 0 spiro atoms. The van der Waals surface area contributed by atoms with Gasteiger partial charge >= 0.3 is 0 Å². The maximum atomic E-state index is 11.0. The summed E-state index contributed by atoms with van der Waals surface area (Å²) in [5, 5.41) is 14.7. The van der Waals surface area contributed by atoms with Gasteiger partial charge in [-0.3, -0.25) is 10.1 Å². The number of nitro groups is 1. The molecule has 1 aliphatic rings. The quantitative estimate of drug-likeness (QED) is 0.649. The molecule has 2 rings (SSSR count). The van der Waals surface area contributed by atoms with E-state index in [2.05, 4.69) is 12.2 Å². The van der Waals surface area contributed by atoms with E-state index in [0.717, 1.165) is 19.6 Å². The fourth-order valence-electron chi connectivity index (χ4n) is 2.10. The van der Waals surface area contributed by atoms with E-state index in [1.54, 1.807) is 12.1 Å². The van der Waals surface area contributed by atoms with Gasteiger partial charge in [-0.15, -0.1) is 0 Å². The van der Waals surface area contributed by atoms with Crippen LogP contribution < -0.4 is 10.2 Å². The summed E-state index contributed by atoms with van der Waals surface area (Å²) in [6.07, 6.45) is 0. The third-order valence-electron chi connectivity index (χ3n) is 2.85. The molecule has 5 nitrogen and oxygen atoms in total. The van der Waals surface area contributed by atoms with Crippen molar-refractivity contribution in [3.05, 3.63) is 33.3 Å². The van der Waals surface area contributed by atoms with Gasteiger partial charge in [0.15, 0.2) is 0 Å². The highest BCUT2D eigenvalue weighted by atomic mass is 35.5. The lowest BCUT2D eigenvalue weighted by molar-refractivity contribution is -0.384. The van der Waals surface area contributed by atoms with E-state index in [0.29, 0.717) is 16.8 Å². The van der Waals surface area contributed by atoms with E-state index >= 15 is 0 Å². The molecular formula is C11H14ClN3O2. The summed E-state index contributed by atoms with van der Waals surface area (Å²) >= 11 is 6.09. The van der Waals surface area contributed by atoms with Crippen LogP contribution in [0.15, 0.2) is 18.2 Å². The second-order valence-corrected chi connectivity index (χ2v) is 4.57. The number of halogens is 1. The first-order valence-corrected chi connectivity index (χ1v) is 5.88. The van der Waals surface area contributed by atoms with Crippen LogP contribution in [0, 0.1) is 10.1 Å². The monoisotopic (exact) mass is 255 g/mol. The van der Waals surface area contributed by atoms with Crippen molar-refractivity contribution in [2.75, 3.05) is 24.5 Å². The number of benzene rings is 1. The van der Waals surface area contributed by atoms with Crippen LogP contribution in [0.5, 0.6) is 0 Å². The lowest BCUT2D eigenvalue weighted by Crippen LogP contribution is -2.49. The molecule has 1 aromatic rings. The van der Waals surface area contributed by atoms with Gasteiger partial charge in [0.25, 0.3) is 5.69 Å². The van der Waals surface area contributed by atoms with E-state index in [1.807, 2.05) is 4.90 Å². The topological polar surface area (TPSA) is 58.4 Å². The Labute approximate surface area is 105 Å². The first-order chi connectivity index (χ1) is 8.09. The number of hydrogen-bond acceptors (Lipinski definition) is 4. The molecule has 1 heterocycles. The molecule has 0 aromatic heterocycles. The van der Waals surface area contributed by atoms with Gasteiger partial charge in [-0.2, -0.15) is 0 Å². The maximum Gasteiger partial charge on any atom is 0.294 e. The SMILES string of the molecule is C[C@@H]1CN(c2c(Cl)cccc2[N+](=O)[O-])CCN1. The van der Waals surface area contributed by atoms with Crippen molar-refractivity contribution >= 4 is 23.0 Å². The van der Waals surface area contributed by atoms with E-state index in [4.69, 9.17) is 11.6 Å². The Balaban J connectivity index is 2.39. The van der Waals surface area contributed by atoms with Crippen LogP contribution >= 0.6 is 11.6 Å². The van der Waals surface area contributed by atoms with E-state index in [-0.39, 0.29) is 10.6 Å². The lowest BCUT2D eigenvalue weighted by atomic mass is 10.2. The third kappa shape index (κ3) is 2.50. The predicted octanol–water partition coefficient (Wildman–Crippen LogP) is 2.05. The molecule has 17 heavy (non-hydrogen) atoms. The molecule has 0 amide bonds. The van der Waals surface area contributed by atoms with E-state index in [1.165, 1.54) is 6.07 Å². The summed E-state index contributed by atoms with van der Waals surface area (Å²) in [7, 11) is 0. The van der Waals surface area contributed by atoms with Gasteiger partial charge in [-0.05, 0) is 13.0 Å². The summed E-state index contributed by atoms with van der Waals surface area (Å²) in [5.74, 6) is 0. The van der Waals surface area contributed by atoms with Crippen molar-refractivity contribution < 1.29 is 4.92 Å².